The summed E-state index contributed by atoms with van der Waals surface area (Å²) in [5.74, 6) is 0.926. The molecule has 2 rings (SSSR count). The van der Waals surface area contributed by atoms with Crippen LogP contribution < -0.4 is 15.4 Å². The highest BCUT2D eigenvalue weighted by Crippen LogP contribution is 2.25. The summed E-state index contributed by atoms with van der Waals surface area (Å²) >= 11 is 12.1. The molecule has 5 heteroatoms. The molecule has 0 unspecified atom stereocenters. The first-order valence-electron chi connectivity index (χ1n) is 9.34. The zero-order chi connectivity index (χ0) is 18.6. The van der Waals surface area contributed by atoms with Crippen LogP contribution in [0.5, 0.6) is 5.75 Å². The highest BCUT2D eigenvalue weighted by molar-refractivity contribution is 6.35. The van der Waals surface area contributed by atoms with Crippen molar-refractivity contribution in [2.75, 3.05) is 30.3 Å². The second-order valence-electron chi connectivity index (χ2n) is 6.26. The van der Waals surface area contributed by atoms with Gasteiger partial charge in [0.15, 0.2) is 0 Å². The lowest BCUT2D eigenvalue weighted by Gasteiger charge is -2.11. The van der Waals surface area contributed by atoms with Crippen molar-refractivity contribution in [1.29, 1.82) is 0 Å². The van der Waals surface area contributed by atoms with Crippen molar-refractivity contribution in [3.8, 4) is 5.75 Å². The molecule has 0 radical (unpaired) electrons. The molecular formula is C21H28Cl2N2O. The van der Waals surface area contributed by atoms with Crippen LogP contribution in [0.25, 0.3) is 0 Å². The van der Waals surface area contributed by atoms with Crippen molar-refractivity contribution in [3.63, 3.8) is 0 Å². The number of unbranched alkanes of at least 4 members (excludes halogenated alkanes) is 4. The predicted molar refractivity (Wildman–Crippen MR) is 114 cm³/mol. The lowest BCUT2D eigenvalue weighted by atomic mass is 10.2. The van der Waals surface area contributed by atoms with E-state index in [-0.39, 0.29) is 0 Å². The van der Waals surface area contributed by atoms with Crippen molar-refractivity contribution in [2.45, 2.75) is 39.0 Å². The minimum Gasteiger partial charge on any atom is -0.494 e. The van der Waals surface area contributed by atoms with Gasteiger partial charge < -0.3 is 15.4 Å². The average molecular weight is 395 g/mol. The smallest absolute Gasteiger partial charge is 0.119 e. The molecule has 2 aromatic rings. The van der Waals surface area contributed by atoms with Crippen molar-refractivity contribution < 1.29 is 4.74 Å². The third-order valence-corrected chi connectivity index (χ3v) is 4.63. The summed E-state index contributed by atoms with van der Waals surface area (Å²) in [5.41, 5.74) is 1.92. The van der Waals surface area contributed by atoms with Crippen molar-refractivity contribution in [3.05, 3.63) is 52.5 Å². The fourth-order valence-corrected chi connectivity index (χ4v) is 2.96. The van der Waals surface area contributed by atoms with Crippen molar-refractivity contribution in [2.24, 2.45) is 0 Å². The number of hydrogen-bond acceptors (Lipinski definition) is 3. The van der Waals surface area contributed by atoms with Gasteiger partial charge in [0.25, 0.3) is 0 Å². The van der Waals surface area contributed by atoms with Gasteiger partial charge in [0, 0.05) is 23.8 Å². The van der Waals surface area contributed by atoms with Gasteiger partial charge in [-0.3, -0.25) is 0 Å². The van der Waals surface area contributed by atoms with Crippen molar-refractivity contribution >= 4 is 34.6 Å². The van der Waals surface area contributed by atoms with Gasteiger partial charge in [0.1, 0.15) is 5.75 Å². The number of hydrogen-bond donors (Lipinski definition) is 2. The topological polar surface area (TPSA) is 33.3 Å². The van der Waals surface area contributed by atoms with Crippen LogP contribution in [0.4, 0.5) is 11.4 Å². The van der Waals surface area contributed by atoms with Crippen LogP contribution in [0.3, 0.4) is 0 Å². The molecule has 0 atom stereocenters. The predicted octanol–water partition coefficient (Wildman–Crippen LogP) is 6.87. The Labute approximate surface area is 167 Å². The Morgan fingerprint density at radius 3 is 2.35 bits per heavy atom. The molecule has 0 aromatic heterocycles. The maximum absolute atomic E-state index is 6.13. The summed E-state index contributed by atoms with van der Waals surface area (Å²) in [6.07, 6.45) is 6.27. The molecule has 3 nitrogen and oxygen atoms in total. The maximum atomic E-state index is 6.13. The van der Waals surface area contributed by atoms with E-state index in [4.69, 9.17) is 27.9 Å². The third-order valence-electron chi connectivity index (χ3n) is 4.07. The standard InChI is InChI=1S/C21H28Cl2N2O/c1-2-3-4-5-6-15-26-19-10-8-18(9-11-19)24-13-14-25-21-16-17(22)7-12-20(21)23/h7-12,16,24-25H,2-6,13-15H2,1H3. The van der Waals surface area contributed by atoms with Gasteiger partial charge in [-0.05, 0) is 48.9 Å². The second-order valence-corrected chi connectivity index (χ2v) is 7.11. The summed E-state index contributed by atoms with van der Waals surface area (Å²) in [6.45, 7) is 4.55. The zero-order valence-corrected chi connectivity index (χ0v) is 16.9. The Balaban J connectivity index is 1.63. The van der Waals surface area contributed by atoms with E-state index in [1.807, 2.05) is 30.3 Å². The van der Waals surface area contributed by atoms with Gasteiger partial charge in [0.2, 0.25) is 0 Å². The Morgan fingerprint density at radius 2 is 1.58 bits per heavy atom. The van der Waals surface area contributed by atoms with Gasteiger partial charge in [0.05, 0.1) is 17.3 Å². The summed E-state index contributed by atoms with van der Waals surface area (Å²) < 4.78 is 5.78. The van der Waals surface area contributed by atoms with E-state index in [1.54, 1.807) is 12.1 Å². The van der Waals surface area contributed by atoms with E-state index in [2.05, 4.69) is 17.6 Å². The lowest BCUT2D eigenvalue weighted by Crippen LogP contribution is -2.13. The number of ether oxygens (including phenoxy) is 1. The van der Waals surface area contributed by atoms with Crippen LogP contribution in [0.2, 0.25) is 10.0 Å². The van der Waals surface area contributed by atoms with E-state index in [0.717, 1.165) is 43.2 Å². The van der Waals surface area contributed by atoms with E-state index in [1.165, 1.54) is 25.7 Å². The first kappa shape index (κ1) is 20.7. The Hall–Kier alpha value is -1.58. The summed E-state index contributed by atoms with van der Waals surface area (Å²) in [7, 11) is 0. The summed E-state index contributed by atoms with van der Waals surface area (Å²) in [6, 6.07) is 13.5. The number of benzene rings is 2. The molecule has 26 heavy (non-hydrogen) atoms. The van der Waals surface area contributed by atoms with Gasteiger partial charge in [-0.2, -0.15) is 0 Å². The first-order valence-corrected chi connectivity index (χ1v) is 10.1. The van der Waals surface area contributed by atoms with Gasteiger partial charge in [-0.1, -0.05) is 55.8 Å². The highest BCUT2D eigenvalue weighted by Gasteiger charge is 2.00. The molecule has 0 saturated carbocycles. The maximum Gasteiger partial charge on any atom is 0.119 e. The molecule has 0 spiro atoms. The van der Waals surface area contributed by atoms with Gasteiger partial charge in [-0.25, -0.2) is 0 Å². The molecule has 2 N–H and O–H groups in total. The highest BCUT2D eigenvalue weighted by atomic mass is 35.5. The van der Waals surface area contributed by atoms with Gasteiger partial charge in [-0.15, -0.1) is 0 Å². The molecule has 0 bridgehead atoms. The molecule has 0 aliphatic carbocycles. The second kappa shape index (κ2) is 11.9. The van der Waals surface area contributed by atoms with Gasteiger partial charge >= 0.3 is 0 Å². The molecule has 0 fully saturated rings. The van der Waals surface area contributed by atoms with E-state index >= 15 is 0 Å². The fourth-order valence-electron chi connectivity index (χ4n) is 2.60. The minimum atomic E-state index is 0.672. The molecular weight excluding hydrogens is 367 g/mol. The van der Waals surface area contributed by atoms with Crippen LogP contribution in [-0.4, -0.2) is 19.7 Å². The molecule has 0 aliphatic heterocycles. The summed E-state index contributed by atoms with van der Waals surface area (Å²) in [4.78, 5) is 0. The molecule has 142 valence electrons. The molecule has 0 heterocycles. The first-order chi connectivity index (χ1) is 12.7. The number of anilines is 2. The molecule has 0 saturated heterocycles. The van der Waals surface area contributed by atoms with Crippen LogP contribution in [-0.2, 0) is 0 Å². The normalized spacial score (nSPS) is 10.6. The summed E-state index contributed by atoms with van der Waals surface area (Å²) in [5, 5.41) is 8.00. The largest absolute Gasteiger partial charge is 0.494 e. The lowest BCUT2D eigenvalue weighted by molar-refractivity contribution is 0.304. The van der Waals surface area contributed by atoms with Crippen molar-refractivity contribution in [1.82, 2.24) is 0 Å². The van der Waals surface area contributed by atoms with Crippen LogP contribution in [0, 0.1) is 0 Å². The Kier molecular flexibility index (Phi) is 9.51. The van der Waals surface area contributed by atoms with E-state index in [9.17, 15) is 0 Å². The minimum absolute atomic E-state index is 0.672. The third kappa shape index (κ3) is 7.76. The fraction of sp³-hybridized carbons (Fsp3) is 0.429. The zero-order valence-electron chi connectivity index (χ0n) is 15.4. The van der Waals surface area contributed by atoms with E-state index in [0.29, 0.717) is 10.0 Å². The Morgan fingerprint density at radius 1 is 0.846 bits per heavy atom. The number of halogens is 2. The molecule has 0 aliphatic rings. The molecule has 0 amide bonds. The van der Waals surface area contributed by atoms with Crippen LogP contribution in [0.15, 0.2) is 42.5 Å². The van der Waals surface area contributed by atoms with E-state index < -0.39 is 0 Å². The van der Waals surface area contributed by atoms with Crippen LogP contribution in [0.1, 0.15) is 39.0 Å². The number of nitrogens with one attached hydrogen (secondary N) is 2. The molecule has 2 aromatic carbocycles. The average Bonchev–Trinajstić information content (AvgIpc) is 2.65. The SMILES string of the molecule is CCCCCCCOc1ccc(NCCNc2cc(Cl)ccc2Cl)cc1. The number of rotatable bonds is 12. The Bertz CT molecular complexity index is 647. The quantitative estimate of drug-likeness (QED) is 0.385. The monoisotopic (exact) mass is 394 g/mol. The van der Waals surface area contributed by atoms with Crippen LogP contribution >= 0.6 is 23.2 Å².